The summed E-state index contributed by atoms with van der Waals surface area (Å²) in [6.07, 6.45) is 0.933. The van der Waals surface area contributed by atoms with Crippen molar-refractivity contribution in [3.63, 3.8) is 0 Å². The summed E-state index contributed by atoms with van der Waals surface area (Å²) >= 11 is 0. The molecule has 0 radical (unpaired) electrons. The van der Waals surface area contributed by atoms with Crippen molar-refractivity contribution in [3.8, 4) is 11.5 Å². The van der Waals surface area contributed by atoms with Crippen LogP contribution in [0.5, 0.6) is 11.5 Å². The van der Waals surface area contributed by atoms with Gasteiger partial charge in [0, 0.05) is 5.92 Å². The van der Waals surface area contributed by atoms with E-state index in [1.54, 1.807) is 19.2 Å². The van der Waals surface area contributed by atoms with Gasteiger partial charge in [0.15, 0.2) is 0 Å². The Morgan fingerprint density at radius 3 is 1.97 bits per heavy atom. The fourth-order valence-electron chi connectivity index (χ4n) is 4.49. The van der Waals surface area contributed by atoms with Crippen LogP contribution in [0.1, 0.15) is 42.9 Å². The highest BCUT2D eigenvalue weighted by molar-refractivity contribution is 5.87. The summed E-state index contributed by atoms with van der Waals surface area (Å²) in [7, 11) is 2.94. The van der Waals surface area contributed by atoms with Crippen molar-refractivity contribution in [1.29, 1.82) is 0 Å². The number of methoxy groups -OCH3 is 2. The van der Waals surface area contributed by atoms with Gasteiger partial charge in [-0.2, -0.15) is 0 Å². The molecule has 0 saturated heterocycles. The molecule has 1 unspecified atom stereocenters. The van der Waals surface area contributed by atoms with E-state index in [0.29, 0.717) is 12.8 Å². The Balaban J connectivity index is 2.08. The van der Waals surface area contributed by atoms with Gasteiger partial charge in [-0.3, -0.25) is 4.79 Å². The quantitative estimate of drug-likeness (QED) is 0.366. The molecule has 0 spiro atoms. The van der Waals surface area contributed by atoms with Crippen LogP contribution in [0.3, 0.4) is 0 Å². The number of hydrogen-bond acceptors (Lipinski definition) is 5. The second-order valence-electron chi connectivity index (χ2n) is 9.35. The number of phenols is 1. The second-order valence-corrected chi connectivity index (χ2v) is 9.35. The van der Waals surface area contributed by atoms with Gasteiger partial charge in [0.1, 0.15) is 17.5 Å². The van der Waals surface area contributed by atoms with E-state index >= 15 is 0 Å². The molecular formula is C30H35NO5. The van der Waals surface area contributed by atoms with Crippen molar-refractivity contribution < 1.29 is 24.2 Å². The lowest BCUT2D eigenvalue weighted by Gasteiger charge is -2.29. The van der Waals surface area contributed by atoms with Crippen LogP contribution in [-0.2, 0) is 20.7 Å². The van der Waals surface area contributed by atoms with E-state index < -0.39 is 17.9 Å². The number of amides is 1. The Morgan fingerprint density at radius 1 is 0.861 bits per heavy atom. The van der Waals surface area contributed by atoms with E-state index in [2.05, 4.69) is 5.32 Å². The number of hydrogen-bond donors (Lipinski definition) is 2. The van der Waals surface area contributed by atoms with Crippen molar-refractivity contribution in [1.82, 2.24) is 5.32 Å². The van der Waals surface area contributed by atoms with Crippen LogP contribution in [0.4, 0.5) is 0 Å². The number of nitrogens with one attached hydrogen (secondary N) is 1. The molecule has 1 amide bonds. The second kappa shape index (κ2) is 12.8. The van der Waals surface area contributed by atoms with E-state index in [1.807, 2.05) is 80.6 Å². The number of rotatable bonds is 11. The number of carbonyl (C=O) groups is 2. The van der Waals surface area contributed by atoms with Gasteiger partial charge in [-0.15, -0.1) is 0 Å². The average molecular weight is 490 g/mol. The fourth-order valence-corrected chi connectivity index (χ4v) is 4.49. The first-order valence-electron chi connectivity index (χ1n) is 12.2. The van der Waals surface area contributed by atoms with Gasteiger partial charge in [-0.25, -0.2) is 4.79 Å². The third kappa shape index (κ3) is 7.11. The zero-order valence-electron chi connectivity index (χ0n) is 21.3. The van der Waals surface area contributed by atoms with E-state index in [1.165, 1.54) is 7.11 Å². The van der Waals surface area contributed by atoms with Crippen LogP contribution in [0.25, 0.3) is 0 Å². The van der Waals surface area contributed by atoms with E-state index in [4.69, 9.17) is 9.47 Å². The largest absolute Gasteiger partial charge is 0.508 e. The number of benzene rings is 3. The van der Waals surface area contributed by atoms with Gasteiger partial charge < -0.3 is 19.9 Å². The third-order valence-electron chi connectivity index (χ3n) is 6.27. The van der Waals surface area contributed by atoms with Crippen LogP contribution >= 0.6 is 0 Å². The minimum atomic E-state index is -0.739. The molecule has 0 aliphatic carbocycles. The highest BCUT2D eigenvalue weighted by Crippen LogP contribution is 2.36. The molecule has 3 aromatic carbocycles. The van der Waals surface area contributed by atoms with E-state index in [9.17, 15) is 14.7 Å². The summed E-state index contributed by atoms with van der Waals surface area (Å²) in [6, 6.07) is 23.6. The summed E-state index contributed by atoms with van der Waals surface area (Å²) in [6.45, 7) is 4.00. The summed E-state index contributed by atoms with van der Waals surface area (Å²) in [5.74, 6) is -0.506. The maximum Gasteiger partial charge on any atom is 0.328 e. The number of ether oxygens (including phenoxy) is 2. The normalized spacial score (nSPS) is 13.5. The van der Waals surface area contributed by atoms with Crippen molar-refractivity contribution in [2.24, 2.45) is 11.8 Å². The molecule has 2 N–H and O–H groups in total. The molecule has 0 bridgehead atoms. The Bertz CT molecular complexity index is 1110. The zero-order chi connectivity index (χ0) is 26.1. The minimum absolute atomic E-state index is 0.152. The number of phenolic OH excluding ortho intramolecular Hbond substituents is 1. The first kappa shape index (κ1) is 26.8. The highest BCUT2D eigenvalue weighted by Gasteiger charge is 2.34. The molecule has 3 rings (SSSR count). The lowest BCUT2D eigenvalue weighted by molar-refractivity contribution is -0.146. The standard InChI is InChI=1S/C30H35NO5/c1-20(2)18-27(30(34)36-4)31-29(33)26(19-21-8-6-5-7-9-21)28(22-10-14-24(32)15-11-22)23-12-16-25(35-3)17-13-23/h5-17,20,26-28,32H,18-19H2,1-4H3,(H,31,33)/t26-,27-,28?/m0/s1. The Labute approximate surface area is 213 Å². The predicted octanol–water partition coefficient (Wildman–Crippen LogP) is 5.10. The molecule has 0 heterocycles. The van der Waals surface area contributed by atoms with Gasteiger partial charge in [0.25, 0.3) is 0 Å². The van der Waals surface area contributed by atoms with Crippen LogP contribution in [0, 0.1) is 11.8 Å². The topological polar surface area (TPSA) is 84.9 Å². The molecular weight excluding hydrogens is 454 g/mol. The molecule has 3 atom stereocenters. The fraction of sp³-hybridized carbons (Fsp3) is 0.333. The predicted molar refractivity (Wildman–Crippen MR) is 140 cm³/mol. The molecule has 36 heavy (non-hydrogen) atoms. The molecule has 0 fully saturated rings. The van der Waals surface area contributed by atoms with Crippen molar-refractivity contribution >= 4 is 11.9 Å². The molecule has 0 aromatic heterocycles. The first-order chi connectivity index (χ1) is 17.3. The monoisotopic (exact) mass is 489 g/mol. The van der Waals surface area contributed by atoms with Gasteiger partial charge in [0.05, 0.1) is 20.1 Å². The lowest BCUT2D eigenvalue weighted by atomic mass is 9.77. The maximum atomic E-state index is 13.9. The number of esters is 1. The van der Waals surface area contributed by atoms with Crippen LogP contribution in [0.15, 0.2) is 78.9 Å². The van der Waals surface area contributed by atoms with Gasteiger partial charge in [0.2, 0.25) is 5.91 Å². The molecule has 6 heteroatoms. The molecule has 0 aliphatic heterocycles. The third-order valence-corrected chi connectivity index (χ3v) is 6.27. The Kier molecular flexibility index (Phi) is 9.51. The summed E-state index contributed by atoms with van der Waals surface area (Å²) in [5.41, 5.74) is 2.82. The smallest absolute Gasteiger partial charge is 0.328 e. The van der Waals surface area contributed by atoms with E-state index in [-0.39, 0.29) is 23.5 Å². The number of aromatic hydroxyl groups is 1. The summed E-state index contributed by atoms with van der Waals surface area (Å²) in [4.78, 5) is 26.4. The Hall–Kier alpha value is -3.80. The lowest BCUT2D eigenvalue weighted by Crippen LogP contribution is -2.46. The molecule has 0 aliphatic rings. The van der Waals surface area contributed by atoms with Gasteiger partial charge in [-0.1, -0.05) is 68.4 Å². The SMILES string of the molecule is COC(=O)[C@H](CC(C)C)NC(=O)[C@@H](Cc1ccccc1)C(c1ccc(O)cc1)c1ccc(OC)cc1. The van der Waals surface area contributed by atoms with Crippen LogP contribution in [-0.4, -0.2) is 37.2 Å². The van der Waals surface area contributed by atoms with E-state index in [0.717, 1.165) is 22.4 Å². The van der Waals surface area contributed by atoms with Crippen molar-refractivity contribution in [3.05, 3.63) is 95.6 Å². The van der Waals surface area contributed by atoms with Gasteiger partial charge >= 0.3 is 5.97 Å². The average Bonchev–Trinajstić information content (AvgIpc) is 2.89. The van der Waals surface area contributed by atoms with Crippen LogP contribution < -0.4 is 10.1 Å². The molecule has 3 aromatic rings. The summed E-state index contributed by atoms with van der Waals surface area (Å²) < 4.78 is 10.3. The zero-order valence-corrected chi connectivity index (χ0v) is 21.3. The summed E-state index contributed by atoms with van der Waals surface area (Å²) in [5, 5.41) is 12.9. The van der Waals surface area contributed by atoms with Crippen LogP contribution in [0.2, 0.25) is 0 Å². The van der Waals surface area contributed by atoms with Gasteiger partial charge in [-0.05, 0) is 59.7 Å². The Morgan fingerprint density at radius 2 is 1.44 bits per heavy atom. The highest BCUT2D eigenvalue weighted by atomic mass is 16.5. The van der Waals surface area contributed by atoms with Crippen molar-refractivity contribution in [2.45, 2.75) is 38.6 Å². The molecule has 6 nitrogen and oxygen atoms in total. The maximum absolute atomic E-state index is 13.9. The van der Waals surface area contributed by atoms with Crippen molar-refractivity contribution in [2.75, 3.05) is 14.2 Å². The first-order valence-corrected chi connectivity index (χ1v) is 12.2. The minimum Gasteiger partial charge on any atom is -0.508 e. The molecule has 190 valence electrons. The number of carbonyl (C=O) groups excluding carboxylic acids is 2. The molecule has 0 saturated carbocycles.